The van der Waals surface area contributed by atoms with E-state index in [4.69, 9.17) is 14.2 Å². The lowest BCUT2D eigenvalue weighted by atomic mass is 10.2. The zero-order chi connectivity index (χ0) is 8.27. The van der Waals surface area contributed by atoms with Gasteiger partial charge in [0.2, 0.25) is 0 Å². The fourth-order valence-electron chi connectivity index (χ4n) is 1.43. The molecule has 0 aromatic carbocycles. The van der Waals surface area contributed by atoms with E-state index in [1.165, 1.54) is 0 Å². The highest BCUT2D eigenvalue weighted by Crippen LogP contribution is 2.22. The van der Waals surface area contributed by atoms with Crippen LogP contribution in [-0.2, 0) is 14.2 Å². The molecule has 0 N–H and O–H groups in total. The summed E-state index contributed by atoms with van der Waals surface area (Å²) in [7, 11) is 3.28. The molecule has 1 aliphatic rings. The summed E-state index contributed by atoms with van der Waals surface area (Å²) in [5.74, 6) is 0. The van der Waals surface area contributed by atoms with Crippen LogP contribution in [0.5, 0.6) is 0 Å². The summed E-state index contributed by atoms with van der Waals surface area (Å²) in [6.07, 6.45) is 2.43. The number of hydrogen-bond donors (Lipinski definition) is 0. The minimum atomic E-state index is -0.194. The smallest absolute Gasteiger partial charge is 0.183 e. The predicted molar refractivity (Wildman–Crippen MR) is 41.4 cm³/mol. The molecular formula is C8H16O3. The third-order valence-electron chi connectivity index (χ3n) is 2.03. The average Bonchev–Trinajstić information content (AvgIpc) is 2.39. The number of rotatable bonds is 3. The molecule has 1 rings (SSSR count). The summed E-state index contributed by atoms with van der Waals surface area (Å²) >= 11 is 0. The van der Waals surface area contributed by atoms with Crippen molar-refractivity contribution in [2.24, 2.45) is 0 Å². The van der Waals surface area contributed by atoms with E-state index < -0.39 is 0 Å². The Morgan fingerprint density at radius 2 is 1.91 bits per heavy atom. The fourth-order valence-corrected chi connectivity index (χ4v) is 1.43. The van der Waals surface area contributed by atoms with Crippen LogP contribution in [0.1, 0.15) is 19.8 Å². The highest BCUT2D eigenvalue weighted by Gasteiger charge is 2.29. The van der Waals surface area contributed by atoms with Crippen molar-refractivity contribution >= 4 is 0 Å². The second-order valence-corrected chi connectivity index (χ2v) is 2.90. The highest BCUT2D eigenvalue weighted by atomic mass is 16.7. The van der Waals surface area contributed by atoms with E-state index in [0.29, 0.717) is 6.10 Å². The Morgan fingerprint density at radius 1 is 1.27 bits per heavy atom. The zero-order valence-corrected chi connectivity index (χ0v) is 7.37. The van der Waals surface area contributed by atoms with Gasteiger partial charge in [0.05, 0.1) is 6.10 Å². The molecule has 0 aliphatic carbocycles. The molecule has 66 valence electrons. The molecule has 11 heavy (non-hydrogen) atoms. The first-order chi connectivity index (χ1) is 5.27. The average molecular weight is 160 g/mol. The Kier molecular flexibility index (Phi) is 3.30. The first kappa shape index (κ1) is 8.97. The van der Waals surface area contributed by atoms with Gasteiger partial charge >= 0.3 is 0 Å². The van der Waals surface area contributed by atoms with Crippen molar-refractivity contribution in [2.75, 3.05) is 14.2 Å². The molecule has 0 bridgehead atoms. The lowest BCUT2D eigenvalue weighted by molar-refractivity contribution is -0.174. The van der Waals surface area contributed by atoms with E-state index in [1.807, 2.05) is 0 Å². The first-order valence-corrected chi connectivity index (χ1v) is 3.99. The van der Waals surface area contributed by atoms with E-state index in [0.717, 1.165) is 12.8 Å². The van der Waals surface area contributed by atoms with Crippen molar-refractivity contribution in [3.63, 3.8) is 0 Å². The molecule has 3 nitrogen and oxygen atoms in total. The highest BCUT2D eigenvalue weighted by molar-refractivity contribution is 4.72. The monoisotopic (exact) mass is 160 g/mol. The third-order valence-corrected chi connectivity index (χ3v) is 2.03. The van der Waals surface area contributed by atoms with Crippen LogP contribution in [0, 0.1) is 0 Å². The van der Waals surface area contributed by atoms with Crippen LogP contribution in [0.3, 0.4) is 0 Å². The minimum absolute atomic E-state index is 0.125. The molecule has 0 saturated carbocycles. The quantitative estimate of drug-likeness (QED) is 0.580. The molecule has 1 heterocycles. The van der Waals surface area contributed by atoms with Crippen LogP contribution in [0.2, 0.25) is 0 Å². The van der Waals surface area contributed by atoms with Gasteiger partial charge in [0.15, 0.2) is 6.29 Å². The van der Waals surface area contributed by atoms with Crippen molar-refractivity contribution in [1.82, 2.24) is 0 Å². The molecule has 1 fully saturated rings. The number of hydrogen-bond acceptors (Lipinski definition) is 3. The normalized spacial score (nSPS) is 31.6. The van der Waals surface area contributed by atoms with Gasteiger partial charge in [0, 0.05) is 14.2 Å². The summed E-state index contributed by atoms with van der Waals surface area (Å²) in [4.78, 5) is 0. The summed E-state index contributed by atoms with van der Waals surface area (Å²) in [6, 6.07) is 0. The van der Waals surface area contributed by atoms with Crippen LogP contribution >= 0.6 is 0 Å². The molecule has 0 spiro atoms. The van der Waals surface area contributed by atoms with Gasteiger partial charge in [0.25, 0.3) is 0 Å². The van der Waals surface area contributed by atoms with Gasteiger partial charge in [0.1, 0.15) is 6.10 Å². The van der Waals surface area contributed by atoms with Gasteiger partial charge in [-0.15, -0.1) is 0 Å². The summed E-state index contributed by atoms with van der Waals surface area (Å²) in [5, 5.41) is 0. The lowest BCUT2D eigenvalue weighted by Crippen LogP contribution is -2.29. The molecule has 0 aromatic heterocycles. The van der Waals surface area contributed by atoms with Crippen LogP contribution in [0.4, 0.5) is 0 Å². The van der Waals surface area contributed by atoms with Crippen molar-refractivity contribution in [3.8, 4) is 0 Å². The summed E-state index contributed by atoms with van der Waals surface area (Å²) < 4.78 is 15.7. The summed E-state index contributed by atoms with van der Waals surface area (Å²) in [5.41, 5.74) is 0. The Bertz CT molecular complexity index is 112. The lowest BCUT2D eigenvalue weighted by Gasteiger charge is -2.20. The van der Waals surface area contributed by atoms with Gasteiger partial charge < -0.3 is 14.2 Å². The Balaban J connectivity index is 2.34. The van der Waals surface area contributed by atoms with Crippen LogP contribution in [0.15, 0.2) is 0 Å². The van der Waals surface area contributed by atoms with Crippen LogP contribution < -0.4 is 0 Å². The fraction of sp³-hybridized carbons (Fsp3) is 1.00. The Labute approximate surface area is 67.6 Å². The van der Waals surface area contributed by atoms with Gasteiger partial charge in [-0.25, -0.2) is 0 Å². The van der Waals surface area contributed by atoms with E-state index in [-0.39, 0.29) is 12.4 Å². The van der Waals surface area contributed by atoms with Crippen molar-refractivity contribution < 1.29 is 14.2 Å². The van der Waals surface area contributed by atoms with E-state index in [2.05, 4.69) is 6.92 Å². The Morgan fingerprint density at radius 3 is 2.27 bits per heavy atom. The van der Waals surface area contributed by atoms with Gasteiger partial charge in [-0.1, -0.05) is 0 Å². The second-order valence-electron chi connectivity index (χ2n) is 2.90. The zero-order valence-electron chi connectivity index (χ0n) is 7.37. The first-order valence-electron chi connectivity index (χ1n) is 3.99. The maximum absolute atomic E-state index is 5.56. The Hall–Kier alpha value is -0.120. The molecule has 0 aromatic rings. The molecule has 0 radical (unpaired) electrons. The van der Waals surface area contributed by atoms with Crippen molar-refractivity contribution in [3.05, 3.63) is 0 Å². The van der Waals surface area contributed by atoms with Crippen LogP contribution in [0.25, 0.3) is 0 Å². The number of ether oxygens (including phenoxy) is 3. The maximum atomic E-state index is 5.56. The summed E-state index contributed by atoms with van der Waals surface area (Å²) in [6.45, 7) is 2.07. The number of methoxy groups -OCH3 is 2. The molecular weight excluding hydrogens is 144 g/mol. The third kappa shape index (κ3) is 2.15. The minimum Gasteiger partial charge on any atom is -0.370 e. The topological polar surface area (TPSA) is 27.7 Å². The second kappa shape index (κ2) is 4.04. The van der Waals surface area contributed by atoms with E-state index in [1.54, 1.807) is 14.2 Å². The maximum Gasteiger partial charge on any atom is 0.183 e. The molecule has 1 saturated heterocycles. The van der Waals surface area contributed by atoms with Gasteiger partial charge in [-0.3, -0.25) is 0 Å². The standard InChI is InChI=1S/C8H16O3/c1-6-4-5-7(11-6)8(9-2)10-3/h6-8H,4-5H2,1-3H3. The van der Waals surface area contributed by atoms with E-state index >= 15 is 0 Å². The van der Waals surface area contributed by atoms with Crippen molar-refractivity contribution in [2.45, 2.75) is 38.3 Å². The van der Waals surface area contributed by atoms with E-state index in [9.17, 15) is 0 Å². The predicted octanol–water partition coefficient (Wildman–Crippen LogP) is 1.17. The molecule has 1 aliphatic heterocycles. The van der Waals surface area contributed by atoms with Gasteiger partial charge in [-0.2, -0.15) is 0 Å². The molecule has 3 heteroatoms. The SMILES string of the molecule is COC(OC)C1CCC(C)O1. The molecule has 2 atom stereocenters. The van der Waals surface area contributed by atoms with Gasteiger partial charge in [-0.05, 0) is 19.8 Å². The molecule has 0 amide bonds. The molecule has 2 unspecified atom stereocenters. The van der Waals surface area contributed by atoms with Crippen molar-refractivity contribution in [1.29, 1.82) is 0 Å². The van der Waals surface area contributed by atoms with Crippen LogP contribution in [-0.4, -0.2) is 32.7 Å². The largest absolute Gasteiger partial charge is 0.370 e.